The SMILES string of the molecule is CCN(CC)c1ccc(/C=C/c2ccc(C(=C(C#N)C#N)C(=C(C#N)C#N)c3ccccc3)s2)cc1. The summed E-state index contributed by atoms with van der Waals surface area (Å²) >= 11 is 1.39. The molecule has 0 saturated carbocycles. The Balaban J connectivity index is 2.04. The molecule has 0 aliphatic carbocycles. The summed E-state index contributed by atoms with van der Waals surface area (Å²) in [5, 5.41) is 38.7. The zero-order chi connectivity index (χ0) is 25.9. The molecule has 3 aromatic rings. The lowest BCUT2D eigenvalue weighted by atomic mass is 9.90. The molecule has 0 aliphatic heterocycles. The number of thiophene rings is 1. The number of nitrogens with zero attached hydrogens (tertiary/aromatic N) is 5. The molecular formula is C30H23N5S. The number of rotatable bonds is 8. The molecule has 0 atom stereocenters. The fourth-order valence-electron chi connectivity index (χ4n) is 3.80. The van der Waals surface area contributed by atoms with Crippen LogP contribution in [-0.4, -0.2) is 13.1 Å². The first-order chi connectivity index (χ1) is 17.6. The minimum absolute atomic E-state index is 0.152. The van der Waals surface area contributed by atoms with Gasteiger partial charge in [-0.2, -0.15) is 21.0 Å². The second-order valence-corrected chi connectivity index (χ2v) is 8.73. The average Bonchev–Trinajstić information content (AvgIpc) is 3.40. The standard InChI is InChI=1S/C30H23N5S/c1-3-35(4-2)26-13-10-22(11-14-26)12-15-27-16-17-28(36-27)30(25(20-33)21-34)29(24(18-31)19-32)23-8-6-5-7-9-23/h5-17H,3-4H2,1-2H3/b15-12+. The van der Waals surface area contributed by atoms with E-state index >= 15 is 0 Å². The van der Waals surface area contributed by atoms with Crippen molar-refractivity contribution in [1.29, 1.82) is 21.0 Å². The molecule has 0 bridgehead atoms. The van der Waals surface area contributed by atoms with Gasteiger partial charge in [0.1, 0.15) is 35.4 Å². The van der Waals surface area contributed by atoms with Gasteiger partial charge in [-0.25, -0.2) is 0 Å². The third-order valence-electron chi connectivity index (χ3n) is 5.59. The van der Waals surface area contributed by atoms with E-state index in [4.69, 9.17) is 0 Å². The van der Waals surface area contributed by atoms with Crippen molar-refractivity contribution in [3.05, 3.63) is 98.8 Å². The van der Waals surface area contributed by atoms with Gasteiger partial charge in [0.05, 0.1) is 0 Å². The monoisotopic (exact) mass is 485 g/mol. The summed E-state index contributed by atoms with van der Waals surface area (Å²) in [5.41, 5.74) is 3.08. The maximum absolute atomic E-state index is 9.71. The zero-order valence-electron chi connectivity index (χ0n) is 20.1. The summed E-state index contributed by atoms with van der Waals surface area (Å²) < 4.78 is 0. The third kappa shape index (κ3) is 5.78. The molecule has 3 rings (SSSR count). The number of hydrogen-bond acceptors (Lipinski definition) is 6. The van der Waals surface area contributed by atoms with Crippen molar-refractivity contribution in [2.45, 2.75) is 13.8 Å². The molecule has 0 radical (unpaired) electrons. The molecular weight excluding hydrogens is 462 g/mol. The van der Waals surface area contributed by atoms with Crippen molar-refractivity contribution in [2.75, 3.05) is 18.0 Å². The Labute approximate surface area is 216 Å². The Bertz CT molecular complexity index is 1440. The van der Waals surface area contributed by atoms with Crippen LogP contribution >= 0.6 is 11.3 Å². The van der Waals surface area contributed by atoms with Crippen LogP contribution in [0, 0.1) is 45.3 Å². The largest absolute Gasteiger partial charge is 0.372 e. The van der Waals surface area contributed by atoms with Gasteiger partial charge in [-0.1, -0.05) is 48.5 Å². The maximum Gasteiger partial charge on any atom is 0.138 e. The number of anilines is 1. The summed E-state index contributed by atoms with van der Waals surface area (Å²) in [7, 11) is 0. The van der Waals surface area contributed by atoms with Gasteiger partial charge in [0.2, 0.25) is 0 Å². The molecule has 0 fully saturated rings. The van der Waals surface area contributed by atoms with Crippen molar-refractivity contribution in [3.8, 4) is 24.3 Å². The molecule has 1 aromatic heterocycles. The van der Waals surface area contributed by atoms with Crippen LogP contribution in [0.25, 0.3) is 23.3 Å². The van der Waals surface area contributed by atoms with Crippen molar-refractivity contribution >= 4 is 40.3 Å². The summed E-state index contributed by atoms with van der Waals surface area (Å²) in [5.74, 6) is 0. The van der Waals surface area contributed by atoms with Gasteiger partial charge in [-0.3, -0.25) is 0 Å². The normalized spacial score (nSPS) is 9.94. The van der Waals surface area contributed by atoms with E-state index in [-0.39, 0.29) is 22.3 Å². The Morgan fingerprint density at radius 1 is 0.722 bits per heavy atom. The van der Waals surface area contributed by atoms with E-state index in [1.54, 1.807) is 24.3 Å². The van der Waals surface area contributed by atoms with Crippen LogP contribution in [-0.2, 0) is 0 Å². The predicted octanol–water partition coefficient (Wildman–Crippen LogP) is 7.07. The summed E-state index contributed by atoms with van der Waals surface area (Å²) in [6.45, 7) is 6.16. The van der Waals surface area contributed by atoms with Crippen LogP contribution in [0.15, 0.2) is 77.9 Å². The highest BCUT2D eigenvalue weighted by Gasteiger charge is 2.22. The Morgan fingerprint density at radius 3 is 1.86 bits per heavy atom. The third-order valence-corrected chi connectivity index (χ3v) is 6.66. The average molecular weight is 486 g/mol. The molecule has 1 heterocycles. The summed E-state index contributed by atoms with van der Waals surface area (Å²) in [6, 6.07) is 28.7. The minimum Gasteiger partial charge on any atom is -0.372 e. The van der Waals surface area contributed by atoms with Gasteiger partial charge in [0, 0.05) is 39.7 Å². The molecule has 36 heavy (non-hydrogen) atoms. The molecule has 0 amide bonds. The molecule has 0 aliphatic rings. The van der Waals surface area contributed by atoms with Crippen molar-refractivity contribution in [2.24, 2.45) is 0 Å². The van der Waals surface area contributed by atoms with Crippen LogP contribution in [0.2, 0.25) is 0 Å². The Hall–Kier alpha value is -4.88. The van der Waals surface area contributed by atoms with E-state index in [0.29, 0.717) is 10.4 Å². The van der Waals surface area contributed by atoms with Crippen molar-refractivity contribution in [1.82, 2.24) is 0 Å². The van der Waals surface area contributed by atoms with Gasteiger partial charge >= 0.3 is 0 Å². The smallest absolute Gasteiger partial charge is 0.138 e. The highest BCUT2D eigenvalue weighted by molar-refractivity contribution is 7.14. The van der Waals surface area contributed by atoms with E-state index < -0.39 is 0 Å². The highest BCUT2D eigenvalue weighted by Crippen LogP contribution is 2.39. The van der Waals surface area contributed by atoms with Crippen molar-refractivity contribution in [3.63, 3.8) is 0 Å². The highest BCUT2D eigenvalue weighted by atomic mass is 32.1. The fraction of sp³-hybridized carbons (Fsp3) is 0.133. The zero-order valence-corrected chi connectivity index (χ0v) is 20.9. The lowest BCUT2D eigenvalue weighted by Gasteiger charge is -2.20. The lowest BCUT2D eigenvalue weighted by Crippen LogP contribution is -2.21. The van der Waals surface area contributed by atoms with Crippen molar-refractivity contribution < 1.29 is 0 Å². The first kappa shape index (κ1) is 25.7. The topological polar surface area (TPSA) is 98.4 Å². The number of hydrogen-bond donors (Lipinski definition) is 0. The van der Waals surface area contributed by atoms with Gasteiger partial charge in [0.15, 0.2) is 0 Å². The molecule has 5 nitrogen and oxygen atoms in total. The van der Waals surface area contributed by atoms with E-state index in [0.717, 1.165) is 23.5 Å². The van der Waals surface area contributed by atoms with Gasteiger partial charge in [-0.15, -0.1) is 11.3 Å². The van der Waals surface area contributed by atoms with Crippen LogP contribution in [0.3, 0.4) is 0 Å². The van der Waals surface area contributed by atoms with Crippen LogP contribution in [0.1, 0.15) is 34.7 Å². The van der Waals surface area contributed by atoms with Crippen LogP contribution < -0.4 is 4.90 Å². The molecule has 6 heteroatoms. The predicted molar refractivity (Wildman–Crippen MR) is 146 cm³/mol. The quantitative estimate of drug-likeness (QED) is 0.251. The first-order valence-electron chi connectivity index (χ1n) is 11.4. The van der Waals surface area contributed by atoms with Gasteiger partial charge in [-0.05, 0) is 55.3 Å². The van der Waals surface area contributed by atoms with E-state index in [1.807, 2.05) is 54.6 Å². The molecule has 0 unspecified atom stereocenters. The lowest BCUT2D eigenvalue weighted by molar-refractivity contribution is 0.866. The van der Waals surface area contributed by atoms with E-state index in [1.165, 1.54) is 17.0 Å². The molecule has 2 aromatic carbocycles. The van der Waals surface area contributed by atoms with E-state index in [9.17, 15) is 21.0 Å². The van der Waals surface area contributed by atoms with E-state index in [2.05, 4.69) is 43.0 Å². The molecule has 174 valence electrons. The van der Waals surface area contributed by atoms with Gasteiger partial charge in [0.25, 0.3) is 0 Å². The Kier molecular flexibility index (Phi) is 8.97. The van der Waals surface area contributed by atoms with Crippen LogP contribution in [0.5, 0.6) is 0 Å². The van der Waals surface area contributed by atoms with Crippen LogP contribution in [0.4, 0.5) is 5.69 Å². The summed E-state index contributed by atoms with van der Waals surface area (Å²) in [4.78, 5) is 3.82. The van der Waals surface area contributed by atoms with Gasteiger partial charge < -0.3 is 4.90 Å². The number of allylic oxidation sites excluding steroid dienone is 4. The second kappa shape index (κ2) is 12.5. The maximum atomic E-state index is 9.71. The molecule has 0 saturated heterocycles. The number of benzene rings is 2. The first-order valence-corrected chi connectivity index (χ1v) is 12.2. The number of nitriles is 4. The summed E-state index contributed by atoms with van der Waals surface area (Å²) in [6.07, 6.45) is 3.97. The second-order valence-electron chi connectivity index (χ2n) is 7.61. The molecule has 0 N–H and O–H groups in total. The molecule has 0 spiro atoms. The Morgan fingerprint density at radius 2 is 1.31 bits per heavy atom. The fourth-order valence-corrected chi connectivity index (χ4v) is 4.77. The minimum atomic E-state index is -0.155.